The third-order valence-corrected chi connectivity index (χ3v) is 4.49. The maximum Gasteiger partial charge on any atom is 0.208 e. The highest BCUT2D eigenvalue weighted by Crippen LogP contribution is 2.23. The largest absolute Gasteiger partial charge is 0.368 e. The number of thiazole rings is 1. The number of ether oxygens (including phenoxy) is 1. The zero-order chi connectivity index (χ0) is 13.7. The normalized spacial score (nSPS) is 21.6. The summed E-state index contributed by atoms with van der Waals surface area (Å²) < 4.78 is 30.1. The molecular weight excluding hydrogens is 286 g/mol. The zero-order valence-electron chi connectivity index (χ0n) is 10.9. The average Bonchev–Trinajstić information content (AvgIpc) is 2.88. The predicted molar refractivity (Wildman–Crippen MR) is 74.7 cm³/mol. The number of morpholine rings is 1. The Morgan fingerprint density at radius 3 is 3.16 bits per heavy atom. The number of hydrogen-bond donors (Lipinski definition) is 1. The van der Waals surface area contributed by atoms with Crippen molar-refractivity contribution < 1.29 is 13.2 Å². The first-order valence-corrected chi connectivity index (χ1v) is 9.00. The van der Waals surface area contributed by atoms with Gasteiger partial charge in [0, 0.05) is 31.2 Å². The van der Waals surface area contributed by atoms with E-state index in [4.69, 9.17) is 4.74 Å². The summed E-state index contributed by atoms with van der Waals surface area (Å²) in [7, 11) is -3.07. The van der Waals surface area contributed by atoms with Gasteiger partial charge in [-0.05, 0) is 13.0 Å². The molecular formula is C11H19N3O3S2. The van der Waals surface area contributed by atoms with E-state index >= 15 is 0 Å². The molecule has 1 aromatic rings. The Hall–Kier alpha value is -0.540. The molecule has 0 saturated carbocycles. The summed E-state index contributed by atoms with van der Waals surface area (Å²) in [4.78, 5) is 6.57. The molecule has 1 N–H and O–H groups in total. The molecule has 0 bridgehead atoms. The van der Waals surface area contributed by atoms with Gasteiger partial charge in [-0.1, -0.05) is 0 Å². The topological polar surface area (TPSA) is 71.5 Å². The summed E-state index contributed by atoms with van der Waals surface area (Å²) in [6.07, 6.45) is 3.83. The summed E-state index contributed by atoms with van der Waals surface area (Å²) in [5.74, 6) is 0. The molecule has 0 amide bonds. The van der Waals surface area contributed by atoms with Gasteiger partial charge in [-0.15, -0.1) is 11.3 Å². The number of sulfonamides is 1. The van der Waals surface area contributed by atoms with Gasteiger partial charge in [-0.3, -0.25) is 4.90 Å². The third-order valence-electron chi connectivity index (χ3n) is 2.89. The fourth-order valence-electron chi connectivity index (χ4n) is 2.01. The lowest BCUT2D eigenvalue weighted by Gasteiger charge is -2.31. The summed E-state index contributed by atoms with van der Waals surface area (Å²) in [5, 5.41) is 2.96. The summed E-state index contributed by atoms with van der Waals surface area (Å²) >= 11 is 1.61. The van der Waals surface area contributed by atoms with Crippen LogP contribution in [-0.4, -0.2) is 57.3 Å². The van der Waals surface area contributed by atoms with Crippen LogP contribution in [0.2, 0.25) is 0 Å². The summed E-state index contributed by atoms with van der Waals surface area (Å²) in [6, 6.07) is 0. The van der Waals surface area contributed by atoms with Gasteiger partial charge in [0.2, 0.25) is 10.0 Å². The van der Waals surface area contributed by atoms with E-state index in [1.54, 1.807) is 17.5 Å². The minimum atomic E-state index is -3.07. The first kappa shape index (κ1) is 14.9. The van der Waals surface area contributed by atoms with Crippen LogP contribution in [0.15, 0.2) is 11.6 Å². The Labute approximate surface area is 117 Å². The van der Waals surface area contributed by atoms with Crippen molar-refractivity contribution in [3.8, 4) is 0 Å². The quantitative estimate of drug-likeness (QED) is 0.773. The standard InChI is InChI=1S/C11H19N3O3S2/c1-19(15,16)13-3-2-5-14-6-7-17-10(9-14)11-12-4-8-18-11/h4,8,10,13H,2-3,5-7,9H2,1H3/t10-/m0/s1. The second-order valence-electron chi connectivity index (χ2n) is 4.55. The highest BCUT2D eigenvalue weighted by molar-refractivity contribution is 7.88. The molecule has 19 heavy (non-hydrogen) atoms. The lowest BCUT2D eigenvalue weighted by atomic mass is 10.2. The van der Waals surface area contributed by atoms with E-state index < -0.39 is 10.0 Å². The molecule has 6 nitrogen and oxygen atoms in total. The van der Waals surface area contributed by atoms with Gasteiger partial charge in [0.25, 0.3) is 0 Å². The molecule has 1 aliphatic heterocycles. The number of rotatable bonds is 6. The van der Waals surface area contributed by atoms with E-state index in [1.807, 2.05) is 5.38 Å². The van der Waals surface area contributed by atoms with Crippen molar-refractivity contribution in [3.63, 3.8) is 0 Å². The van der Waals surface area contributed by atoms with E-state index in [1.165, 1.54) is 6.26 Å². The molecule has 0 radical (unpaired) electrons. The van der Waals surface area contributed by atoms with E-state index in [9.17, 15) is 8.42 Å². The molecule has 0 spiro atoms. The maximum atomic E-state index is 10.9. The Morgan fingerprint density at radius 2 is 2.47 bits per heavy atom. The van der Waals surface area contributed by atoms with Crippen molar-refractivity contribution in [2.24, 2.45) is 0 Å². The monoisotopic (exact) mass is 305 g/mol. The third kappa shape index (κ3) is 5.15. The van der Waals surface area contributed by atoms with E-state index in [2.05, 4.69) is 14.6 Å². The molecule has 1 aliphatic rings. The molecule has 2 heterocycles. The Balaban J connectivity index is 1.73. The molecule has 108 valence electrons. The highest BCUT2D eigenvalue weighted by atomic mass is 32.2. The molecule has 0 aliphatic carbocycles. The van der Waals surface area contributed by atoms with Gasteiger partial charge in [0.15, 0.2) is 0 Å². The van der Waals surface area contributed by atoms with Crippen LogP contribution >= 0.6 is 11.3 Å². The maximum absolute atomic E-state index is 10.9. The molecule has 1 saturated heterocycles. The average molecular weight is 305 g/mol. The molecule has 1 aromatic heterocycles. The van der Waals surface area contributed by atoms with Gasteiger partial charge in [0.1, 0.15) is 11.1 Å². The number of aromatic nitrogens is 1. The van der Waals surface area contributed by atoms with Crippen LogP contribution in [0.4, 0.5) is 0 Å². The van der Waals surface area contributed by atoms with Crippen molar-refractivity contribution >= 4 is 21.4 Å². The van der Waals surface area contributed by atoms with Crippen LogP contribution in [0.3, 0.4) is 0 Å². The number of nitrogens with zero attached hydrogens (tertiary/aromatic N) is 2. The lowest BCUT2D eigenvalue weighted by Crippen LogP contribution is -2.39. The van der Waals surface area contributed by atoms with Crippen molar-refractivity contribution in [1.82, 2.24) is 14.6 Å². The second kappa shape index (κ2) is 6.76. The Kier molecular flexibility index (Phi) is 5.28. The zero-order valence-corrected chi connectivity index (χ0v) is 12.5. The first-order chi connectivity index (χ1) is 9.04. The molecule has 0 unspecified atom stereocenters. The molecule has 0 aromatic carbocycles. The fraction of sp³-hybridized carbons (Fsp3) is 0.727. The Morgan fingerprint density at radius 1 is 1.63 bits per heavy atom. The molecule has 8 heteroatoms. The molecule has 2 rings (SSSR count). The fourth-order valence-corrected chi connectivity index (χ4v) is 3.20. The van der Waals surface area contributed by atoms with Gasteiger partial charge in [-0.2, -0.15) is 0 Å². The van der Waals surface area contributed by atoms with E-state index in [-0.39, 0.29) is 6.10 Å². The van der Waals surface area contributed by atoms with Crippen LogP contribution in [0, 0.1) is 0 Å². The van der Waals surface area contributed by atoms with Crippen molar-refractivity contribution in [2.45, 2.75) is 12.5 Å². The van der Waals surface area contributed by atoms with Crippen molar-refractivity contribution in [1.29, 1.82) is 0 Å². The molecule has 1 fully saturated rings. The SMILES string of the molecule is CS(=O)(=O)NCCCN1CCO[C@H](c2nccs2)C1. The van der Waals surface area contributed by atoms with Gasteiger partial charge in [0.05, 0.1) is 12.9 Å². The lowest BCUT2D eigenvalue weighted by molar-refractivity contribution is -0.0301. The number of nitrogens with one attached hydrogen (secondary N) is 1. The van der Waals surface area contributed by atoms with Gasteiger partial charge >= 0.3 is 0 Å². The van der Waals surface area contributed by atoms with Gasteiger partial charge < -0.3 is 4.74 Å². The van der Waals surface area contributed by atoms with E-state index in [0.717, 1.165) is 31.1 Å². The van der Waals surface area contributed by atoms with Crippen molar-refractivity contribution in [3.05, 3.63) is 16.6 Å². The van der Waals surface area contributed by atoms with Crippen LogP contribution < -0.4 is 4.72 Å². The molecule has 1 atom stereocenters. The van der Waals surface area contributed by atoms with Crippen LogP contribution in [0.5, 0.6) is 0 Å². The van der Waals surface area contributed by atoms with Crippen molar-refractivity contribution in [2.75, 3.05) is 39.0 Å². The van der Waals surface area contributed by atoms with Crippen LogP contribution in [0.1, 0.15) is 17.5 Å². The van der Waals surface area contributed by atoms with Crippen LogP contribution in [-0.2, 0) is 14.8 Å². The smallest absolute Gasteiger partial charge is 0.208 e. The minimum absolute atomic E-state index is 0.0524. The van der Waals surface area contributed by atoms with Gasteiger partial charge in [-0.25, -0.2) is 18.1 Å². The predicted octanol–water partition coefficient (Wildman–Crippen LogP) is 0.456. The summed E-state index contributed by atoms with van der Waals surface area (Å²) in [5.41, 5.74) is 0. The second-order valence-corrected chi connectivity index (χ2v) is 7.31. The van der Waals surface area contributed by atoms with Crippen LogP contribution in [0.25, 0.3) is 0 Å². The van der Waals surface area contributed by atoms with E-state index in [0.29, 0.717) is 13.2 Å². The first-order valence-electron chi connectivity index (χ1n) is 6.22. The highest BCUT2D eigenvalue weighted by Gasteiger charge is 2.23. The minimum Gasteiger partial charge on any atom is -0.368 e. The Bertz CT molecular complexity index is 475. The summed E-state index contributed by atoms with van der Waals surface area (Å²) in [6.45, 7) is 3.77. The number of hydrogen-bond acceptors (Lipinski definition) is 6.